The first kappa shape index (κ1) is 11.7. The van der Waals surface area contributed by atoms with Gasteiger partial charge in [0.15, 0.2) is 0 Å². The molecular formula is C14H11BrN2S. The molecule has 2 aromatic heterocycles. The lowest BCUT2D eigenvalue weighted by Gasteiger charge is -2.08. The van der Waals surface area contributed by atoms with E-state index in [1.54, 1.807) is 11.3 Å². The van der Waals surface area contributed by atoms with Gasteiger partial charge in [-0.1, -0.05) is 6.07 Å². The number of hydrogen-bond donors (Lipinski definition) is 1. The van der Waals surface area contributed by atoms with Crippen molar-refractivity contribution in [3.8, 4) is 0 Å². The second-order valence-corrected chi connectivity index (χ2v) is 6.48. The summed E-state index contributed by atoms with van der Waals surface area (Å²) in [5.41, 5.74) is 2.15. The summed E-state index contributed by atoms with van der Waals surface area (Å²) in [6, 6.07) is 14.4. The van der Waals surface area contributed by atoms with E-state index in [0.29, 0.717) is 0 Å². The maximum Gasteiger partial charge on any atom is 0.0722 e. The standard InChI is InChI=1S/C14H11BrN2S/c15-14-7-6-10(18-14)9-17-13-5-1-4-12-11(13)3-2-8-16-12/h1-8,17H,9H2. The van der Waals surface area contributed by atoms with Gasteiger partial charge in [0, 0.05) is 28.7 Å². The Kier molecular flexibility index (Phi) is 3.30. The van der Waals surface area contributed by atoms with Crippen LogP contribution >= 0.6 is 27.3 Å². The lowest BCUT2D eigenvalue weighted by Crippen LogP contribution is -1.98. The molecule has 0 bridgehead atoms. The Morgan fingerprint density at radius 1 is 1.11 bits per heavy atom. The average molecular weight is 319 g/mol. The van der Waals surface area contributed by atoms with Gasteiger partial charge in [-0.2, -0.15) is 0 Å². The number of halogens is 1. The van der Waals surface area contributed by atoms with E-state index in [0.717, 1.165) is 23.1 Å². The number of hydrogen-bond acceptors (Lipinski definition) is 3. The Morgan fingerprint density at radius 3 is 2.89 bits per heavy atom. The molecule has 0 unspecified atom stereocenters. The maximum atomic E-state index is 4.36. The summed E-state index contributed by atoms with van der Waals surface area (Å²) in [5.74, 6) is 0. The normalized spacial score (nSPS) is 10.7. The maximum absolute atomic E-state index is 4.36. The zero-order valence-corrected chi connectivity index (χ0v) is 12.0. The molecule has 0 saturated heterocycles. The van der Waals surface area contributed by atoms with E-state index < -0.39 is 0 Å². The molecule has 0 atom stereocenters. The lowest BCUT2D eigenvalue weighted by molar-refractivity contribution is 1.20. The SMILES string of the molecule is Brc1ccc(CNc2cccc3ncccc23)s1. The number of rotatable bonds is 3. The highest BCUT2D eigenvalue weighted by molar-refractivity contribution is 9.11. The second-order valence-electron chi connectivity index (χ2n) is 3.94. The quantitative estimate of drug-likeness (QED) is 0.759. The predicted molar refractivity (Wildman–Crippen MR) is 81.1 cm³/mol. The van der Waals surface area contributed by atoms with Gasteiger partial charge in [0.05, 0.1) is 9.30 Å². The summed E-state index contributed by atoms with van der Waals surface area (Å²) < 4.78 is 1.17. The molecule has 0 saturated carbocycles. The molecule has 1 N–H and O–H groups in total. The summed E-state index contributed by atoms with van der Waals surface area (Å²) in [5, 5.41) is 4.63. The molecule has 2 nitrogen and oxygen atoms in total. The van der Waals surface area contributed by atoms with E-state index in [1.165, 1.54) is 8.66 Å². The van der Waals surface area contributed by atoms with Crippen LogP contribution in [0.15, 0.2) is 52.4 Å². The Bertz CT molecular complexity index is 673. The Labute approximate surface area is 118 Å². The fourth-order valence-electron chi connectivity index (χ4n) is 1.89. The third kappa shape index (κ3) is 2.40. The molecule has 0 aliphatic heterocycles. The molecule has 3 rings (SSSR count). The van der Waals surface area contributed by atoms with Crippen molar-refractivity contribution in [1.29, 1.82) is 0 Å². The number of fused-ring (bicyclic) bond motifs is 1. The van der Waals surface area contributed by atoms with Gasteiger partial charge >= 0.3 is 0 Å². The summed E-state index contributed by atoms with van der Waals surface area (Å²) in [4.78, 5) is 5.66. The first-order chi connectivity index (χ1) is 8.83. The van der Waals surface area contributed by atoms with Gasteiger partial charge in [-0.05, 0) is 52.3 Å². The molecular weight excluding hydrogens is 308 g/mol. The van der Waals surface area contributed by atoms with Crippen molar-refractivity contribution in [3.05, 3.63) is 57.3 Å². The molecule has 0 spiro atoms. The van der Waals surface area contributed by atoms with Crippen molar-refractivity contribution < 1.29 is 0 Å². The molecule has 1 aromatic carbocycles. The van der Waals surface area contributed by atoms with Crippen molar-refractivity contribution >= 4 is 43.9 Å². The summed E-state index contributed by atoms with van der Waals surface area (Å²) >= 11 is 5.23. The minimum Gasteiger partial charge on any atom is -0.380 e. The van der Waals surface area contributed by atoms with Crippen molar-refractivity contribution in [1.82, 2.24) is 4.98 Å². The van der Waals surface area contributed by atoms with Crippen LogP contribution in [-0.2, 0) is 6.54 Å². The largest absolute Gasteiger partial charge is 0.380 e. The second kappa shape index (κ2) is 5.08. The first-order valence-corrected chi connectivity index (χ1v) is 7.26. The number of nitrogens with zero attached hydrogens (tertiary/aromatic N) is 1. The van der Waals surface area contributed by atoms with Crippen LogP contribution in [0.3, 0.4) is 0 Å². The third-order valence-electron chi connectivity index (χ3n) is 2.73. The van der Waals surface area contributed by atoms with Crippen LogP contribution in [0.5, 0.6) is 0 Å². The van der Waals surface area contributed by atoms with Crippen molar-refractivity contribution in [2.24, 2.45) is 0 Å². The molecule has 0 aliphatic rings. The highest BCUT2D eigenvalue weighted by Crippen LogP contribution is 2.25. The number of thiophene rings is 1. The first-order valence-electron chi connectivity index (χ1n) is 5.65. The fraction of sp³-hybridized carbons (Fsp3) is 0.0714. The molecule has 3 aromatic rings. The molecule has 0 radical (unpaired) electrons. The molecule has 0 fully saturated rings. The Hall–Kier alpha value is -1.39. The third-order valence-corrected chi connectivity index (χ3v) is 4.35. The van der Waals surface area contributed by atoms with Crippen molar-refractivity contribution in [2.45, 2.75) is 6.54 Å². The van der Waals surface area contributed by atoms with Gasteiger partial charge in [-0.25, -0.2) is 0 Å². The Morgan fingerprint density at radius 2 is 2.06 bits per heavy atom. The predicted octanol–water partition coefficient (Wildman–Crippen LogP) is 4.67. The van der Waals surface area contributed by atoms with Crippen LogP contribution in [0.1, 0.15) is 4.88 Å². The van der Waals surface area contributed by atoms with E-state index in [4.69, 9.17) is 0 Å². The average Bonchev–Trinajstić information content (AvgIpc) is 2.82. The smallest absolute Gasteiger partial charge is 0.0722 e. The Balaban J connectivity index is 1.86. The highest BCUT2D eigenvalue weighted by atomic mass is 79.9. The minimum atomic E-state index is 0.838. The van der Waals surface area contributed by atoms with Crippen LogP contribution in [0, 0.1) is 0 Å². The topological polar surface area (TPSA) is 24.9 Å². The molecule has 4 heteroatoms. The van der Waals surface area contributed by atoms with Gasteiger partial charge in [-0.3, -0.25) is 4.98 Å². The summed E-state index contributed by atoms with van der Waals surface area (Å²) in [6.45, 7) is 0.838. The summed E-state index contributed by atoms with van der Waals surface area (Å²) in [6.07, 6.45) is 1.82. The van der Waals surface area contributed by atoms with Gasteiger partial charge in [0.2, 0.25) is 0 Å². The van der Waals surface area contributed by atoms with Crippen LogP contribution in [-0.4, -0.2) is 4.98 Å². The number of aromatic nitrogens is 1. The van der Waals surface area contributed by atoms with E-state index in [2.05, 4.69) is 50.5 Å². The monoisotopic (exact) mass is 318 g/mol. The van der Waals surface area contributed by atoms with Crippen LogP contribution in [0.25, 0.3) is 10.9 Å². The zero-order valence-electron chi connectivity index (χ0n) is 9.56. The molecule has 90 valence electrons. The van der Waals surface area contributed by atoms with Crippen LogP contribution in [0.4, 0.5) is 5.69 Å². The van der Waals surface area contributed by atoms with Crippen LogP contribution < -0.4 is 5.32 Å². The van der Waals surface area contributed by atoms with Gasteiger partial charge in [0.25, 0.3) is 0 Å². The molecule has 0 amide bonds. The number of pyridine rings is 1. The lowest BCUT2D eigenvalue weighted by atomic mass is 10.2. The number of nitrogens with one attached hydrogen (secondary N) is 1. The zero-order chi connectivity index (χ0) is 12.4. The fourth-order valence-corrected chi connectivity index (χ4v) is 3.31. The van der Waals surface area contributed by atoms with Crippen LogP contribution in [0.2, 0.25) is 0 Å². The number of benzene rings is 1. The van der Waals surface area contributed by atoms with Gasteiger partial charge in [-0.15, -0.1) is 11.3 Å². The van der Waals surface area contributed by atoms with Crippen molar-refractivity contribution in [3.63, 3.8) is 0 Å². The highest BCUT2D eigenvalue weighted by Gasteiger charge is 2.02. The van der Waals surface area contributed by atoms with E-state index >= 15 is 0 Å². The number of anilines is 1. The van der Waals surface area contributed by atoms with Gasteiger partial charge in [0.1, 0.15) is 0 Å². The van der Waals surface area contributed by atoms with Crippen molar-refractivity contribution in [2.75, 3.05) is 5.32 Å². The van der Waals surface area contributed by atoms with E-state index in [1.807, 2.05) is 24.4 Å². The van der Waals surface area contributed by atoms with E-state index in [9.17, 15) is 0 Å². The molecule has 0 aliphatic carbocycles. The molecule has 2 heterocycles. The summed E-state index contributed by atoms with van der Waals surface area (Å²) in [7, 11) is 0. The minimum absolute atomic E-state index is 0.838. The molecule has 18 heavy (non-hydrogen) atoms. The van der Waals surface area contributed by atoms with Gasteiger partial charge < -0.3 is 5.32 Å². The van der Waals surface area contributed by atoms with E-state index in [-0.39, 0.29) is 0 Å².